The number of hydrazine groups is 1. The number of hydrogen-bond donors (Lipinski definition) is 4. The topological polar surface area (TPSA) is 94.7 Å². The average Bonchev–Trinajstić information content (AvgIpc) is 3.50. The lowest BCUT2D eigenvalue weighted by molar-refractivity contribution is -0.130. The van der Waals surface area contributed by atoms with E-state index in [2.05, 4.69) is 26.4 Å². The Morgan fingerprint density at radius 1 is 1.24 bits per heavy atom. The number of piperidine rings is 1. The molecule has 3 atom stereocenters. The van der Waals surface area contributed by atoms with E-state index < -0.39 is 5.82 Å². The molecule has 0 aromatic heterocycles. The second-order valence-electron chi connectivity index (χ2n) is 9.78. The van der Waals surface area contributed by atoms with Crippen LogP contribution < -0.4 is 26.1 Å². The Balaban J connectivity index is 1.11. The highest BCUT2D eigenvalue weighted by Gasteiger charge is 2.57. The van der Waals surface area contributed by atoms with Crippen molar-refractivity contribution in [2.24, 2.45) is 11.8 Å². The van der Waals surface area contributed by atoms with Crippen LogP contribution in [0.2, 0.25) is 5.02 Å². The minimum atomic E-state index is -0.583. The van der Waals surface area contributed by atoms with Gasteiger partial charge in [0.1, 0.15) is 11.6 Å². The van der Waals surface area contributed by atoms with Crippen LogP contribution in [0.4, 0.5) is 4.39 Å². The molecule has 1 aromatic carbocycles. The fraction of sp³-hybridized carbons (Fsp3) is 0.652. The summed E-state index contributed by atoms with van der Waals surface area (Å²) in [6.07, 6.45) is 5.45. The van der Waals surface area contributed by atoms with Gasteiger partial charge < -0.3 is 20.7 Å². The van der Waals surface area contributed by atoms with Crippen LogP contribution in [-0.4, -0.2) is 60.8 Å². The van der Waals surface area contributed by atoms with Gasteiger partial charge in [-0.05, 0) is 63.1 Å². The number of halogens is 2. The summed E-state index contributed by atoms with van der Waals surface area (Å²) in [6.45, 7) is 2.64. The van der Waals surface area contributed by atoms with E-state index in [4.69, 9.17) is 16.3 Å². The van der Waals surface area contributed by atoms with E-state index in [0.29, 0.717) is 5.92 Å². The third kappa shape index (κ3) is 4.82. The molecule has 2 aliphatic heterocycles. The van der Waals surface area contributed by atoms with Crippen LogP contribution >= 0.6 is 11.6 Å². The smallest absolute Gasteiger partial charge is 0.258 e. The number of carbonyl (C=O) groups excluding carboxylic acids is 2. The van der Waals surface area contributed by atoms with Crippen molar-refractivity contribution < 1.29 is 18.7 Å². The molecule has 33 heavy (non-hydrogen) atoms. The summed E-state index contributed by atoms with van der Waals surface area (Å²) in [4.78, 5) is 25.6. The standard InChI is InChI=1S/C23H31ClFN5O3/c24-17-5-4-15(9-18(17)25)33-13-20(31)29-23-10-14(11-23)19(12-23)28-22(32)16-3-1-6-26-21(16)30-8-2-7-27-30/h4-5,9,14,16,19,21,26-27H,1-3,6-8,10-13H2,(H,28,32)(H,29,31). The first-order chi connectivity index (χ1) is 15.9. The summed E-state index contributed by atoms with van der Waals surface area (Å²) in [5.74, 6) is -0.155. The van der Waals surface area contributed by atoms with Crippen molar-refractivity contribution in [3.8, 4) is 5.75 Å². The first-order valence-corrected chi connectivity index (χ1v) is 12.2. The Kier molecular flexibility index (Phi) is 6.48. The van der Waals surface area contributed by atoms with Crippen molar-refractivity contribution >= 4 is 23.4 Å². The van der Waals surface area contributed by atoms with Gasteiger partial charge in [-0.15, -0.1) is 0 Å². The SMILES string of the molecule is O=C(COc1ccc(Cl)c(F)c1)NC12CC(C1)C(NC(=O)C1CCCNC1N1CCCN1)C2. The fourth-order valence-electron chi connectivity index (χ4n) is 5.90. The Labute approximate surface area is 197 Å². The number of carbonyl (C=O) groups is 2. The largest absolute Gasteiger partial charge is 0.484 e. The molecule has 3 aliphatic carbocycles. The molecule has 1 aromatic rings. The maximum absolute atomic E-state index is 13.5. The molecule has 2 bridgehead atoms. The van der Waals surface area contributed by atoms with Gasteiger partial charge in [0, 0.05) is 30.7 Å². The molecule has 2 heterocycles. The second kappa shape index (κ2) is 9.37. The number of nitrogens with zero attached hydrogens (tertiary/aromatic N) is 1. The Morgan fingerprint density at radius 2 is 2.09 bits per heavy atom. The van der Waals surface area contributed by atoms with Crippen molar-refractivity contribution in [1.29, 1.82) is 0 Å². The number of fused-ring (bicyclic) bond motifs is 1. The van der Waals surface area contributed by atoms with E-state index >= 15 is 0 Å². The molecule has 5 fully saturated rings. The lowest BCUT2D eigenvalue weighted by Crippen LogP contribution is -2.59. The van der Waals surface area contributed by atoms with Crippen LogP contribution in [-0.2, 0) is 9.59 Å². The van der Waals surface area contributed by atoms with E-state index in [9.17, 15) is 14.0 Å². The van der Waals surface area contributed by atoms with Crippen LogP contribution in [0.5, 0.6) is 5.75 Å². The van der Waals surface area contributed by atoms with Crippen LogP contribution in [0.15, 0.2) is 18.2 Å². The number of benzene rings is 1. The van der Waals surface area contributed by atoms with Crippen LogP contribution in [0, 0.1) is 17.7 Å². The summed E-state index contributed by atoms with van der Waals surface area (Å²) >= 11 is 5.67. The molecule has 4 N–H and O–H groups in total. The highest BCUT2D eigenvalue weighted by atomic mass is 35.5. The first kappa shape index (κ1) is 22.8. The van der Waals surface area contributed by atoms with Gasteiger partial charge in [-0.2, -0.15) is 0 Å². The third-order valence-corrected chi connectivity index (χ3v) is 7.78. The van der Waals surface area contributed by atoms with Crippen molar-refractivity contribution in [3.63, 3.8) is 0 Å². The quantitative estimate of drug-likeness (QED) is 0.474. The summed E-state index contributed by atoms with van der Waals surface area (Å²) in [5.41, 5.74) is 3.10. The summed E-state index contributed by atoms with van der Waals surface area (Å²) < 4.78 is 18.9. The Morgan fingerprint density at radius 3 is 2.85 bits per heavy atom. The molecule has 0 spiro atoms. The average molecular weight is 480 g/mol. The lowest BCUT2D eigenvalue weighted by Gasteiger charge is -2.39. The maximum atomic E-state index is 13.5. The molecular weight excluding hydrogens is 449 g/mol. The van der Waals surface area contributed by atoms with Crippen molar-refractivity contribution in [2.75, 3.05) is 26.2 Å². The van der Waals surface area contributed by atoms with E-state index in [0.717, 1.165) is 58.2 Å². The predicted molar refractivity (Wildman–Crippen MR) is 121 cm³/mol. The molecule has 3 unspecified atom stereocenters. The summed E-state index contributed by atoms with van der Waals surface area (Å²) in [5, 5.41) is 12.1. The molecule has 2 saturated heterocycles. The Hall–Kier alpha value is -1.94. The summed E-state index contributed by atoms with van der Waals surface area (Å²) in [7, 11) is 0. The fourth-order valence-corrected chi connectivity index (χ4v) is 6.02. The number of ether oxygens (including phenoxy) is 1. The monoisotopic (exact) mass is 479 g/mol. The van der Waals surface area contributed by atoms with E-state index in [-0.39, 0.29) is 52.9 Å². The molecule has 2 amide bonds. The molecule has 6 rings (SSSR count). The van der Waals surface area contributed by atoms with Crippen LogP contribution in [0.3, 0.4) is 0 Å². The molecule has 180 valence electrons. The van der Waals surface area contributed by atoms with Gasteiger partial charge in [-0.25, -0.2) is 9.40 Å². The third-order valence-electron chi connectivity index (χ3n) is 7.47. The van der Waals surface area contributed by atoms with Crippen LogP contribution in [0.25, 0.3) is 0 Å². The highest BCUT2D eigenvalue weighted by Crippen LogP contribution is 2.52. The van der Waals surface area contributed by atoms with Crippen molar-refractivity contribution in [3.05, 3.63) is 29.0 Å². The number of rotatable bonds is 7. The van der Waals surface area contributed by atoms with Crippen molar-refractivity contribution in [1.82, 2.24) is 26.4 Å². The molecule has 0 radical (unpaired) electrons. The van der Waals surface area contributed by atoms with E-state index in [1.807, 2.05) is 0 Å². The molecule has 10 heteroatoms. The lowest BCUT2D eigenvalue weighted by atomic mass is 9.76. The normalized spacial score (nSPS) is 33.4. The number of nitrogens with one attached hydrogen (secondary N) is 4. The minimum Gasteiger partial charge on any atom is -0.484 e. The van der Waals surface area contributed by atoms with Gasteiger partial charge >= 0.3 is 0 Å². The minimum absolute atomic E-state index is 0.0114. The molecule has 8 nitrogen and oxygen atoms in total. The number of hydrogen-bond acceptors (Lipinski definition) is 6. The zero-order valence-electron chi connectivity index (χ0n) is 18.5. The van der Waals surface area contributed by atoms with Gasteiger partial charge in [-0.1, -0.05) is 11.6 Å². The zero-order valence-corrected chi connectivity index (χ0v) is 19.3. The second-order valence-corrected chi connectivity index (χ2v) is 10.2. The summed E-state index contributed by atoms with van der Waals surface area (Å²) in [6, 6.07) is 4.18. The van der Waals surface area contributed by atoms with E-state index in [1.165, 1.54) is 18.2 Å². The molecule has 5 aliphatic rings. The predicted octanol–water partition coefficient (Wildman–Crippen LogP) is 1.55. The van der Waals surface area contributed by atoms with Crippen LogP contribution in [0.1, 0.15) is 38.5 Å². The zero-order chi connectivity index (χ0) is 23.0. The van der Waals surface area contributed by atoms with E-state index in [1.54, 1.807) is 0 Å². The van der Waals surface area contributed by atoms with Gasteiger partial charge in [-0.3, -0.25) is 15.0 Å². The Bertz CT molecular complexity index is 906. The number of amides is 2. The van der Waals surface area contributed by atoms with Crippen molar-refractivity contribution in [2.45, 2.75) is 56.3 Å². The van der Waals surface area contributed by atoms with Gasteiger partial charge in [0.25, 0.3) is 5.91 Å². The molecular formula is C23H31ClFN5O3. The van der Waals surface area contributed by atoms with Gasteiger partial charge in [0.15, 0.2) is 6.61 Å². The first-order valence-electron chi connectivity index (χ1n) is 11.9. The molecule has 3 saturated carbocycles. The maximum Gasteiger partial charge on any atom is 0.258 e. The van der Waals surface area contributed by atoms with Gasteiger partial charge in [0.2, 0.25) is 5.91 Å². The highest BCUT2D eigenvalue weighted by molar-refractivity contribution is 6.30. The van der Waals surface area contributed by atoms with Gasteiger partial charge in [0.05, 0.1) is 17.1 Å².